The lowest BCUT2D eigenvalue weighted by molar-refractivity contribution is -0.384. The number of phosphoric ester groups is 1. The molecule has 43 heavy (non-hydrogen) atoms. The van der Waals surface area contributed by atoms with Crippen molar-refractivity contribution in [1.29, 1.82) is 0 Å². The molecule has 1 aliphatic heterocycles. The molecule has 0 saturated carbocycles. The van der Waals surface area contributed by atoms with Crippen LogP contribution in [0.5, 0.6) is 0 Å². The number of hydrogen-bond donors (Lipinski definition) is 7. The maximum absolute atomic E-state index is 12.0. The van der Waals surface area contributed by atoms with Crippen molar-refractivity contribution < 1.29 is 66.3 Å². The smallest absolute Gasteiger partial charge is 0.387 e. The zero-order chi connectivity index (χ0) is 31.7. The molecule has 8 N–H and O–H groups in total. The van der Waals surface area contributed by atoms with Crippen LogP contribution in [-0.2, 0) is 38.0 Å². The van der Waals surface area contributed by atoms with Crippen LogP contribution in [0.3, 0.4) is 0 Å². The number of benzene rings is 1. The molecule has 1 saturated heterocycles. The van der Waals surface area contributed by atoms with Gasteiger partial charge in [0, 0.05) is 17.9 Å². The fourth-order valence-electron chi connectivity index (χ4n) is 3.78. The predicted molar refractivity (Wildman–Crippen MR) is 143 cm³/mol. The molecule has 0 amide bonds. The second-order valence-corrected chi connectivity index (χ2v) is 14.2. The number of aryl methyl sites for hydroxylation is 1. The van der Waals surface area contributed by atoms with Gasteiger partial charge < -0.3 is 40.3 Å². The Bertz CT molecular complexity index is 1640. The third-order valence-corrected chi connectivity index (χ3v) is 10.3. The number of thioether (sulfide) groups is 1. The number of aliphatic hydroxyl groups is 2. The lowest BCUT2D eigenvalue weighted by Crippen LogP contribution is -2.33. The van der Waals surface area contributed by atoms with Gasteiger partial charge in [0.2, 0.25) is 0 Å². The van der Waals surface area contributed by atoms with Gasteiger partial charge in [0.25, 0.3) is 5.69 Å². The van der Waals surface area contributed by atoms with E-state index in [-0.39, 0.29) is 27.8 Å². The minimum atomic E-state index is -5.76. The van der Waals surface area contributed by atoms with E-state index < -0.39 is 59.5 Å². The molecule has 0 bridgehead atoms. The summed E-state index contributed by atoms with van der Waals surface area (Å²) in [7, 11) is -16.9. The van der Waals surface area contributed by atoms with Gasteiger partial charge in [-0.15, -0.1) is 0 Å². The zero-order valence-electron chi connectivity index (χ0n) is 21.2. The average Bonchev–Trinajstić information content (AvgIpc) is 3.42. The lowest BCUT2D eigenvalue weighted by atomic mass is 10.1. The first-order valence-corrected chi connectivity index (χ1v) is 17.1. The highest BCUT2D eigenvalue weighted by Crippen LogP contribution is 2.66. The van der Waals surface area contributed by atoms with Gasteiger partial charge >= 0.3 is 23.5 Å². The second kappa shape index (κ2) is 12.9. The van der Waals surface area contributed by atoms with Crippen LogP contribution in [0.25, 0.3) is 11.2 Å². The number of fused-ring (bicyclic) bond motifs is 1. The van der Waals surface area contributed by atoms with Gasteiger partial charge in [0.1, 0.15) is 23.8 Å². The number of non-ortho nitro benzene ring substituents is 1. The molecule has 6 atom stereocenters. The molecule has 25 heteroatoms. The average molecular weight is 688 g/mol. The van der Waals surface area contributed by atoms with Gasteiger partial charge in [-0.05, 0) is 12.0 Å². The first kappa shape index (κ1) is 33.5. The number of anilines is 1. The molecule has 0 aliphatic carbocycles. The van der Waals surface area contributed by atoms with Crippen LogP contribution in [-0.4, -0.2) is 84.9 Å². The zero-order valence-corrected chi connectivity index (χ0v) is 24.7. The molecular formula is C18H23N6O15P3S. The summed E-state index contributed by atoms with van der Waals surface area (Å²) in [4.78, 5) is 59.1. The Morgan fingerprint density at radius 2 is 1.72 bits per heavy atom. The fraction of sp³-hybridized carbons (Fsp3) is 0.389. The molecular weight excluding hydrogens is 665 g/mol. The standard InChI is InChI=1S/C18H23N6O15P3S/c19-15-12-16(22-18(21-15)43-6-5-9-1-3-10(4-2-9)24(27)28)23(8-20-12)17-14(26)13(25)11(37-17)7-36-41(32,33)39-42(34,35)38-40(29,30)31/h1-4,8,11,13-14,17,25-26H,5-7H2,(H,32,33)(H,34,35)(H2,19,21,22)(H2,29,30,31)/t11-,13-,14-,17?/m1/s1. The number of imidazole rings is 1. The first-order valence-electron chi connectivity index (χ1n) is 11.6. The molecule has 3 aromatic rings. The van der Waals surface area contributed by atoms with Crippen molar-refractivity contribution in [3.05, 3.63) is 46.3 Å². The molecule has 4 rings (SSSR count). The SMILES string of the molecule is Nc1nc(SCCc2ccc([N+](=O)[O-])cc2)nc2c1ncn2C1O[C@H](COP(=O)(O)OP(=O)(O)OP(=O)(O)O)[C@@H](O)[C@H]1O. The molecule has 2 aromatic heterocycles. The largest absolute Gasteiger partial charge is 0.490 e. The van der Waals surface area contributed by atoms with E-state index in [1.54, 1.807) is 12.1 Å². The number of nitro benzene ring substituents is 1. The van der Waals surface area contributed by atoms with E-state index in [0.29, 0.717) is 12.2 Å². The Morgan fingerprint density at radius 3 is 2.35 bits per heavy atom. The van der Waals surface area contributed by atoms with Gasteiger partial charge in [-0.3, -0.25) is 19.2 Å². The molecule has 1 aliphatic rings. The number of hydrogen-bond acceptors (Lipinski definition) is 16. The van der Waals surface area contributed by atoms with Gasteiger partial charge in [-0.2, -0.15) is 8.62 Å². The molecule has 3 heterocycles. The van der Waals surface area contributed by atoms with E-state index in [0.717, 1.165) is 5.56 Å². The number of aliphatic hydroxyl groups excluding tert-OH is 2. The van der Waals surface area contributed by atoms with Crippen molar-refractivity contribution in [3.8, 4) is 0 Å². The minimum Gasteiger partial charge on any atom is -0.387 e. The fourth-order valence-corrected chi connectivity index (χ4v) is 7.64. The van der Waals surface area contributed by atoms with E-state index in [4.69, 9.17) is 20.3 Å². The maximum Gasteiger partial charge on any atom is 0.490 e. The number of aromatic nitrogens is 4. The van der Waals surface area contributed by atoms with Crippen molar-refractivity contribution in [2.75, 3.05) is 18.1 Å². The summed E-state index contributed by atoms with van der Waals surface area (Å²) in [5.74, 6) is 0.444. The van der Waals surface area contributed by atoms with E-state index >= 15 is 0 Å². The van der Waals surface area contributed by atoms with Gasteiger partial charge in [-0.25, -0.2) is 28.6 Å². The normalized spacial score (nSPS) is 23.7. The number of rotatable bonds is 13. The molecule has 0 radical (unpaired) electrons. The summed E-state index contributed by atoms with van der Waals surface area (Å²) in [5.41, 5.74) is 7.03. The van der Waals surface area contributed by atoms with Gasteiger partial charge in [-0.1, -0.05) is 23.9 Å². The summed E-state index contributed by atoms with van der Waals surface area (Å²) in [6, 6.07) is 6.02. The number of ether oxygens (including phenoxy) is 1. The van der Waals surface area contributed by atoms with Crippen LogP contribution in [0.4, 0.5) is 11.5 Å². The minimum absolute atomic E-state index is 0.0150. The van der Waals surface area contributed by atoms with Crippen molar-refractivity contribution in [1.82, 2.24) is 19.5 Å². The van der Waals surface area contributed by atoms with E-state index in [1.165, 1.54) is 34.8 Å². The van der Waals surface area contributed by atoms with Crippen LogP contribution in [0.2, 0.25) is 0 Å². The maximum atomic E-state index is 12.0. The van der Waals surface area contributed by atoms with E-state index in [2.05, 4.69) is 28.1 Å². The number of nitrogens with two attached hydrogens (primary N) is 1. The lowest BCUT2D eigenvalue weighted by Gasteiger charge is -2.19. The number of nitro groups is 1. The van der Waals surface area contributed by atoms with Crippen LogP contribution < -0.4 is 5.73 Å². The highest BCUT2D eigenvalue weighted by molar-refractivity contribution is 7.99. The Labute approximate surface area is 244 Å². The number of phosphoric acid groups is 3. The monoisotopic (exact) mass is 688 g/mol. The van der Waals surface area contributed by atoms with Crippen molar-refractivity contribution in [2.45, 2.75) is 36.1 Å². The molecule has 21 nitrogen and oxygen atoms in total. The quantitative estimate of drug-likeness (QED) is 0.0425. The topological polar surface area (TPSA) is 322 Å². The Balaban J connectivity index is 1.43. The summed E-state index contributed by atoms with van der Waals surface area (Å²) < 4.78 is 52.8. The Hall–Kier alpha value is -2.39. The van der Waals surface area contributed by atoms with Crippen molar-refractivity contribution in [2.24, 2.45) is 0 Å². The van der Waals surface area contributed by atoms with Crippen LogP contribution in [0.1, 0.15) is 11.8 Å². The predicted octanol–water partition coefficient (Wildman–Crippen LogP) is 0.614. The molecule has 1 fully saturated rings. The highest BCUT2D eigenvalue weighted by Gasteiger charge is 2.47. The first-order chi connectivity index (χ1) is 19.9. The van der Waals surface area contributed by atoms with Crippen LogP contribution >= 0.6 is 35.2 Å². The summed E-state index contributed by atoms with van der Waals surface area (Å²) >= 11 is 1.20. The summed E-state index contributed by atoms with van der Waals surface area (Å²) in [6.07, 6.45) is -4.65. The highest BCUT2D eigenvalue weighted by atomic mass is 32.2. The van der Waals surface area contributed by atoms with Crippen LogP contribution in [0.15, 0.2) is 35.7 Å². The molecule has 1 aromatic carbocycles. The Morgan fingerprint density at radius 1 is 1.05 bits per heavy atom. The number of nitrogen functional groups attached to an aromatic ring is 1. The van der Waals surface area contributed by atoms with Crippen molar-refractivity contribution >= 4 is 57.9 Å². The molecule has 3 unspecified atom stereocenters. The third-order valence-electron chi connectivity index (χ3n) is 5.63. The molecule has 0 spiro atoms. The van der Waals surface area contributed by atoms with E-state index in [9.17, 15) is 43.8 Å². The second-order valence-electron chi connectivity index (χ2n) is 8.67. The summed E-state index contributed by atoms with van der Waals surface area (Å²) in [6.45, 7) is -1.01. The Kier molecular flexibility index (Phi) is 10.1. The van der Waals surface area contributed by atoms with Crippen molar-refractivity contribution in [3.63, 3.8) is 0 Å². The third kappa shape index (κ3) is 8.62. The van der Waals surface area contributed by atoms with Gasteiger partial charge in [0.15, 0.2) is 22.8 Å². The summed E-state index contributed by atoms with van der Waals surface area (Å²) in [5, 5.41) is 32.1. The van der Waals surface area contributed by atoms with E-state index in [1.807, 2.05) is 0 Å². The van der Waals surface area contributed by atoms with Gasteiger partial charge in [0.05, 0.1) is 17.9 Å². The molecule has 236 valence electrons. The van der Waals surface area contributed by atoms with Crippen LogP contribution in [0, 0.1) is 10.1 Å². The number of nitrogens with zero attached hydrogens (tertiary/aromatic N) is 5.